The second kappa shape index (κ2) is 12.0. The summed E-state index contributed by atoms with van der Waals surface area (Å²) in [6, 6.07) is 63.7. The van der Waals surface area contributed by atoms with Crippen LogP contribution in [0.5, 0.6) is 0 Å². The van der Waals surface area contributed by atoms with Gasteiger partial charge in [-0.1, -0.05) is 182 Å². The van der Waals surface area contributed by atoms with E-state index in [2.05, 4.69) is 194 Å². The van der Waals surface area contributed by atoms with Gasteiger partial charge in [0.25, 0.3) is 0 Å². The van der Waals surface area contributed by atoms with Crippen molar-refractivity contribution in [2.24, 2.45) is 0 Å². The van der Waals surface area contributed by atoms with Gasteiger partial charge in [-0.25, -0.2) is 0 Å². The lowest BCUT2D eigenvalue weighted by atomic mass is 9.82. The molecule has 2 unspecified atom stereocenters. The highest BCUT2D eigenvalue weighted by atomic mass is 32.2. The van der Waals surface area contributed by atoms with Gasteiger partial charge in [0.2, 0.25) is 0 Å². The van der Waals surface area contributed by atoms with Gasteiger partial charge in [-0.15, -0.1) is 11.8 Å². The Labute approximate surface area is 324 Å². The molecule has 55 heavy (non-hydrogen) atoms. The van der Waals surface area contributed by atoms with Crippen molar-refractivity contribution in [3.8, 4) is 33.4 Å². The molecular weight excluding hydrogens is 681 g/mol. The topological polar surface area (TPSA) is 0 Å². The lowest BCUT2D eigenvalue weighted by Gasteiger charge is -2.21. The molecule has 0 spiro atoms. The van der Waals surface area contributed by atoms with Crippen LogP contribution in [0.1, 0.15) is 11.5 Å². The van der Waals surface area contributed by atoms with Crippen molar-refractivity contribution in [1.82, 2.24) is 0 Å². The average molecular weight is 715 g/mol. The van der Waals surface area contributed by atoms with Crippen molar-refractivity contribution in [2.45, 2.75) is 16.1 Å². The molecule has 0 fully saturated rings. The van der Waals surface area contributed by atoms with Crippen LogP contribution in [-0.2, 0) is 0 Å². The Kier molecular flexibility index (Phi) is 6.79. The largest absolute Gasteiger partial charge is 0.117 e. The SMILES string of the molecule is C1=CC2Sc3c(-c4cccc(-c5c6ccccc6c(-c6cc7c8ccccc8c8ccccc8c7c7ccccc67)c6ccccc56)c4)cccc3C2C=C1. The van der Waals surface area contributed by atoms with E-state index in [1.54, 1.807) is 0 Å². The second-order valence-electron chi connectivity index (χ2n) is 15.0. The van der Waals surface area contributed by atoms with Crippen LogP contribution in [0.3, 0.4) is 0 Å². The fraction of sp³-hybridized carbons (Fsp3) is 0.0370. The van der Waals surface area contributed by atoms with Gasteiger partial charge in [-0.3, -0.25) is 0 Å². The molecule has 0 radical (unpaired) electrons. The van der Waals surface area contributed by atoms with Crippen molar-refractivity contribution in [2.75, 3.05) is 0 Å². The van der Waals surface area contributed by atoms with E-state index in [-0.39, 0.29) is 0 Å². The number of hydrogen-bond donors (Lipinski definition) is 0. The first-order valence-corrected chi connectivity index (χ1v) is 20.1. The molecule has 256 valence electrons. The Morgan fingerprint density at radius 3 is 1.55 bits per heavy atom. The highest BCUT2D eigenvalue weighted by Gasteiger charge is 2.32. The maximum absolute atomic E-state index is 2.50. The van der Waals surface area contributed by atoms with Crippen LogP contribution in [0.15, 0.2) is 199 Å². The summed E-state index contributed by atoms with van der Waals surface area (Å²) in [6.07, 6.45) is 9.13. The van der Waals surface area contributed by atoms with Crippen LogP contribution in [-0.4, -0.2) is 5.25 Å². The third-order valence-corrected chi connectivity index (χ3v) is 13.6. The zero-order valence-electron chi connectivity index (χ0n) is 30.0. The molecule has 0 amide bonds. The number of hydrogen-bond acceptors (Lipinski definition) is 1. The Hall–Kier alpha value is -6.41. The van der Waals surface area contributed by atoms with Crippen molar-refractivity contribution < 1.29 is 0 Å². The molecule has 0 N–H and O–H groups in total. The minimum absolute atomic E-state index is 0.441. The molecule has 1 heterocycles. The monoisotopic (exact) mass is 714 g/mol. The maximum Gasteiger partial charge on any atom is 0.0381 e. The van der Waals surface area contributed by atoms with E-state index in [0.29, 0.717) is 11.2 Å². The summed E-state index contributed by atoms with van der Waals surface area (Å²) in [6.45, 7) is 0. The number of thioether (sulfide) groups is 1. The zero-order chi connectivity index (χ0) is 36.0. The maximum atomic E-state index is 2.50. The molecule has 10 aromatic rings. The van der Waals surface area contributed by atoms with Gasteiger partial charge in [-0.05, 0) is 116 Å². The summed E-state index contributed by atoms with van der Waals surface area (Å²) in [4.78, 5) is 1.42. The molecule has 10 aromatic carbocycles. The summed E-state index contributed by atoms with van der Waals surface area (Å²) >= 11 is 2.01. The highest BCUT2D eigenvalue weighted by molar-refractivity contribution is 8.00. The molecule has 1 aliphatic carbocycles. The molecule has 2 atom stereocenters. The van der Waals surface area contributed by atoms with E-state index in [1.807, 2.05) is 11.8 Å². The van der Waals surface area contributed by atoms with Crippen LogP contribution < -0.4 is 0 Å². The summed E-state index contributed by atoms with van der Waals surface area (Å²) in [5.41, 5.74) is 9.15. The molecule has 1 aliphatic heterocycles. The van der Waals surface area contributed by atoms with Gasteiger partial charge in [0, 0.05) is 16.1 Å². The van der Waals surface area contributed by atoms with E-state index in [0.717, 1.165) is 0 Å². The first-order valence-electron chi connectivity index (χ1n) is 19.3. The lowest BCUT2D eigenvalue weighted by molar-refractivity contribution is 0.881. The van der Waals surface area contributed by atoms with E-state index in [9.17, 15) is 0 Å². The Morgan fingerprint density at radius 2 is 0.855 bits per heavy atom. The summed E-state index contributed by atoms with van der Waals surface area (Å²) in [7, 11) is 0. The second-order valence-corrected chi connectivity index (χ2v) is 16.2. The average Bonchev–Trinajstić information content (AvgIpc) is 3.64. The van der Waals surface area contributed by atoms with Crippen LogP contribution in [0.25, 0.3) is 98.0 Å². The quantitative estimate of drug-likeness (QED) is 0.130. The molecular formula is C54H34S. The molecule has 12 rings (SSSR count). The van der Waals surface area contributed by atoms with Gasteiger partial charge < -0.3 is 0 Å². The smallest absolute Gasteiger partial charge is 0.0381 e. The first-order chi connectivity index (χ1) is 27.3. The minimum atomic E-state index is 0.441. The van der Waals surface area contributed by atoms with Crippen molar-refractivity contribution >= 4 is 76.4 Å². The summed E-state index contributed by atoms with van der Waals surface area (Å²) in [5.74, 6) is 0.441. The molecule has 0 saturated heterocycles. The fourth-order valence-electron chi connectivity index (χ4n) is 9.84. The normalized spacial score (nSPS) is 16.1. The van der Waals surface area contributed by atoms with Crippen molar-refractivity contribution in [1.29, 1.82) is 0 Å². The van der Waals surface area contributed by atoms with Gasteiger partial charge in [0.05, 0.1) is 0 Å². The minimum Gasteiger partial charge on any atom is -0.117 e. The van der Waals surface area contributed by atoms with Crippen LogP contribution in [0, 0.1) is 0 Å². The molecule has 0 bridgehead atoms. The first kappa shape index (κ1) is 31.0. The Morgan fingerprint density at radius 1 is 0.345 bits per heavy atom. The number of allylic oxidation sites excluding steroid dienone is 3. The molecule has 0 saturated carbocycles. The molecule has 2 aliphatic rings. The van der Waals surface area contributed by atoms with E-state index < -0.39 is 0 Å². The van der Waals surface area contributed by atoms with Crippen LogP contribution in [0.4, 0.5) is 0 Å². The van der Waals surface area contributed by atoms with Crippen molar-refractivity contribution in [3.05, 3.63) is 200 Å². The van der Waals surface area contributed by atoms with Crippen LogP contribution in [0.2, 0.25) is 0 Å². The standard InChI is InChI=1S/C54H34S/c1-2-19-38-36(17-1)37-18-3-5-22-41(37)52-42-23-6-4-20-39(42)49(32-48(38)52)53-45-26-9-7-24-43(45)51(44-25-8-10-27-46(44)53)34-16-13-15-33(31-34)35-28-14-29-47-40-21-11-12-30-50(40)55-54(35)47/h1-32,40,50H. The van der Waals surface area contributed by atoms with Gasteiger partial charge in [0.1, 0.15) is 0 Å². The van der Waals surface area contributed by atoms with Crippen LogP contribution >= 0.6 is 11.8 Å². The fourth-order valence-corrected chi connectivity index (χ4v) is 11.3. The van der Waals surface area contributed by atoms with Crippen molar-refractivity contribution in [3.63, 3.8) is 0 Å². The third kappa shape index (κ3) is 4.54. The van der Waals surface area contributed by atoms with E-state index in [4.69, 9.17) is 0 Å². The number of rotatable bonds is 3. The van der Waals surface area contributed by atoms with E-state index >= 15 is 0 Å². The molecule has 0 nitrogen and oxygen atoms in total. The Balaban J connectivity index is 1.15. The summed E-state index contributed by atoms with van der Waals surface area (Å²) in [5, 5.41) is 16.0. The predicted molar refractivity (Wildman–Crippen MR) is 238 cm³/mol. The molecule has 1 heteroatoms. The van der Waals surface area contributed by atoms with Gasteiger partial charge in [0.15, 0.2) is 0 Å². The summed E-state index contributed by atoms with van der Waals surface area (Å²) < 4.78 is 0. The number of fused-ring (bicyclic) bond motifs is 13. The third-order valence-electron chi connectivity index (χ3n) is 12.2. The number of benzene rings is 10. The van der Waals surface area contributed by atoms with Gasteiger partial charge >= 0.3 is 0 Å². The molecule has 0 aromatic heterocycles. The Bertz CT molecular complexity index is 3250. The zero-order valence-corrected chi connectivity index (χ0v) is 30.9. The van der Waals surface area contributed by atoms with E-state index in [1.165, 1.54) is 108 Å². The lowest BCUT2D eigenvalue weighted by Crippen LogP contribution is -2.06. The highest BCUT2D eigenvalue weighted by Crippen LogP contribution is 2.53. The van der Waals surface area contributed by atoms with Gasteiger partial charge in [-0.2, -0.15) is 0 Å². The predicted octanol–water partition coefficient (Wildman–Crippen LogP) is 15.3.